The summed E-state index contributed by atoms with van der Waals surface area (Å²) in [5.74, 6) is 0. The van der Waals surface area contributed by atoms with Crippen molar-refractivity contribution in [1.29, 1.82) is 0 Å². The van der Waals surface area contributed by atoms with Gasteiger partial charge in [0.2, 0.25) is 0 Å². The van der Waals surface area contributed by atoms with Crippen LogP contribution in [0.25, 0.3) is 0 Å². The van der Waals surface area contributed by atoms with Gasteiger partial charge in [-0.25, -0.2) is 0 Å². The number of anilines is 2. The van der Waals surface area contributed by atoms with Crippen molar-refractivity contribution in [3.63, 3.8) is 0 Å². The molecule has 1 aromatic carbocycles. The molecule has 1 heterocycles. The van der Waals surface area contributed by atoms with Crippen molar-refractivity contribution in [2.24, 2.45) is 0 Å². The number of likely N-dealkylation sites (tertiary alicyclic amines) is 1. The van der Waals surface area contributed by atoms with Gasteiger partial charge < -0.3 is 15.1 Å². The molecule has 1 fully saturated rings. The zero-order valence-corrected chi connectivity index (χ0v) is 13.6. The summed E-state index contributed by atoms with van der Waals surface area (Å²) in [5, 5.41) is 4.49. The number of halogens is 1. The molecule has 20 heavy (non-hydrogen) atoms. The van der Waals surface area contributed by atoms with Gasteiger partial charge in [0.05, 0.1) is 16.4 Å². The van der Waals surface area contributed by atoms with Crippen molar-refractivity contribution in [1.82, 2.24) is 4.90 Å². The lowest BCUT2D eigenvalue weighted by Crippen LogP contribution is -2.39. The SMILES string of the molecule is CCCN1CCC(Nc2cccc(Cl)c2N(C)C)CC1. The Morgan fingerprint density at radius 2 is 2.00 bits per heavy atom. The molecule has 1 aliphatic rings. The topological polar surface area (TPSA) is 18.5 Å². The first-order chi connectivity index (χ1) is 9.61. The molecular formula is C16H26ClN3. The molecule has 1 saturated heterocycles. The molecule has 0 spiro atoms. The minimum atomic E-state index is 0.556. The summed E-state index contributed by atoms with van der Waals surface area (Å²) in [6.07, 6.45) is 3.66. The first-order valence-electron chi connectivity index (χ1n) is 7.56. The van der Waals surface area contributed by atoms with E-state index >= 15 is 0 Å². The molecule has 0 aromatic heterocycles. The molecule has 0 unspecified atom stereocenters. The maximum Gasteiger partial charge on any atom is 0.0786 e. The molecule has 2 rings (SSSR count). The summed E-state index contributed by atoms with van der Waals surface area (Å²) in [5.41, 5.74) is 2.24. The van der Waals surface area contributed by atoms with Crippen molar-refractivity contribution in [3.8, 4) is 0 Å². The second-order valence-electron chi connectivity index (χ2n) is 5.79. The van der Waals surface area contributed by atoms with Crippen molar-refractivity contribution in [2.75, 3.05) is 43.9 Å². The highest BCUT2D eigenvalue weighted by Crippen LogP contribution is 2.33. The number of benzene rings is 1. The van der Waals surface area contributed by atoms with Gasteiger partial charge in [-0.1, -0.05) is 24.6 Å². The Morgan fingerprint density at radius 3 is 2.60 bits per heavy atom. The van der Waals surface area contributed by atoms with Gasteiger partial charge in [-0.3, -0.25) is 0 Å². The molecule has 1 aromatic rings. The third kappa shape index (κ3) is 3.80. The summed E-state index contributed by atoms with van der Waals surface area (Å²) in [6, 6.07) is 6.65. The Labute approximate surface area is 127 Å². The van der Waals surface area contributed by atoms with Gasteiger partial charge in [0.1, 0.15) is 0 Å². The number of nitrogens with one attached hydrogen (secondary N) is 1. The molecule has 1 aliphatic heterocycles. The number of para-hydroxylation sites is 1. The highest BCUT2D eigenvalue weighted by atomic mass is 35.5. The Hall–Kier alpha value is -0.930. The predicted molar refractivity (Wildman–Crippen MR) is 89.2 cm³/mol. The third-order valence-corrected chi connectivity index (χ3v) is 4.23. The van der Waals surface area contributed by atoms with Crippen molar-refractivity contribution in [2.45, 2.75) is 32.2 Å². The van der Waals surface area contributed by atoms with Crippen LogP contribution in [0.3, 0.4) is 0 Å². The lowest BCUT2D eigenvalue weighted by atomic mass is 10.0. The summed E-state index contributed by atoms with van der Waals surface area (Å²) >= 11 is 6.32. The molecule has 0 aliphatic carbocycles. The van der Waals surface area contributed by atoms with E-state index in [1.54, 1.807) is 0 Å². The molecule has 1 N–H and O–H groups in total. The molecule has 0 bridgehead atoms. The van der Waals surface area contributed by atoms with E-state index in [1.807, 2.05) is 26.2 Å². The van der Waals surface area contributed by atoms with Crippen LogP contribution in [0.15, 0.2) is 18.2 Å². The maximum absolute atomic E-state index is 6.32. The fourth-order valence-corrected chi connectivity index (χ4v) is 3.27. The van der Waals surface area contributed by atoms with E-state index in [4.69, 9.17) is 11.6 Å². The average molecular weight is 296 g/mol. The van der Waals surface area contributed by atoms with Crippen LogP contribution in [0.5, 0.6) is 0 Å². The van der Waals surface area contributed by atoms with Gasteiger partial charge in [0.15, 0.2) is 0 Å². The van der Waals surface area contributed by atoms with Crippen LogP contribution < -0.4 is 10.2 Å². The Bertz CT molecular complexity index is 426. The van der Waals surface area contributed by atoms with Crippen molar-refractivity contribution < 1.29 is 0 Å². The predicted octanol–water partition coefficient (Wildman–Crippen LogP) is 3.69. The fraction of sp³-hybridized carbons (Fsp3) is 0.625. The standard InChI is InChI=1S/C16H26ClN3/c1-4-10-20-11-8-13(9-12-20)18-15-7-5-6-14(17)16(15)19(2)3/h5-7,13,18H,4,8-12H2,1-3H3. The Kier molecular flexibility index (Phi) is 5.55. The Morgan fingerprint density at radius 1 is 1.30 bits per heavy atom. The van der Waals surface area contributed by atoms with Gasteiger partial charge in [-0.2, -0.15) is 0 Å². The van der Waals surface area contributed by atoms with E-state index in [1.165, 1.54) is 38.9 Å². The third-order valence-electron chi connectivity index (χ3n) is 3.92. The van der Waals surface area contributed by atoms with Crippen LogP contribution in [-0.4, -0.2) is 44.7 Å². The van der Waals surface area contributed by atoms with Crippen LogP contribution in [0.2, 0.25) is 5.02 Å². The Balaban J connectivity index is 1.99. The molecule has 0 radical (unpaired) electrons. The van der Waals surface area contributed by atoms with Crippen LogP contribution >= 0.6 is 11.6 Å². The fourth-order valence-electron chi connectivity index (χ4n) is 2.92. The highest BCUT2D eigenvalue weighted by Gasteiger charge is 2.20. The average Bonchev–Trinajstić information content (AvgIpc) is 2.41. The molecule has 4 heteroatoms. The molecule has 0 atom stereocenters. The van der Waals surface area contributed by atoms with E-state index in [0.717, 1.165) is 16.4 Å². The molecule has 0 saturated carbocycles. The van der Waals surface area contributed by atoms with Crippen LogP contribution in [0.1, 0.15) is 26.2 Å². The zero-order chi connectivity index (χ0) is 14.5. The minimum Gasteiger partial charge on any atom is -0.380 e. The first kappa shape index (κ1) is 15.5. The number of piperidine rings is 1. The monoisotopic (exact) mass is 295 g/mol. The highest BCUT2D eigenvalue weighted by molar-refractivity contribution is 6.34. The lowest BCUT2D eigenvalue weighted by Gasteiger charge is -2.33. The van der Waals surface area contributed by atoms with E-state index < -0.39 is 0 Å². The molecule has 0 amide bonds. The van der Waals surface area contributed by atoms with Gasteiger partial charge in [0.25, 0.3) is 0 Å². The number of nitrogens with zero attached hydrogens (tertiary/aromatic N) is 2. The van der Waals surface area contributed by atoms with Crippen molar-refractivity contribution >= 4 is 23.0 Å². The van der Waals surface area contributed by atoms with E-state index in [0.29, 0.717) is 6.04 Å². The largest absolute Gasteiger partial charge is 0.380 e. The van der Waals surface area contributed by atoms with E-state index in [-0.39, 0.29) is 0 Å². The summed E-state index contributed by atoms with van der Waals surface area (Å²) in [6.45, 7) is 5.87. The molecule has 112 valence electrons. The van der Waals surface area contributed by atoms with Crippen molar-refractivity contribution in [3.05, 3.63) is 23.2 Å². The second kappa shape index (κ2) is 7.19. The smallest absolute Gasteiger partial charge is 0.0786 e. The van der Waals surface area contributed by atoms with Crippen LogP contribution in [-0.2, 0) is 0 Å². The van der Waals surface area contributed by atoms with Crippen LogP contribution in [0.4, 0.5) is 11.4 Å². The van der Waals surface area contributed by atoms with Gasteiger partial charge in [0, 0.05) is 33.2 Å². The number of hydrogen-bond donors (Lipinski definition) is 1. The first-order valence-corrected chi connectivity index (χ1v) is 7.94. The zero-order valence-electron chi connectivity index (χ0n) is 12.8. The molecule has 3 nitrogen and oxygen atoms in total. The maximum atomic E-state index is 6.32. The minimum absolute atomic E-state index is 0.556. The van der Waals surface area contributed by atoms with E-state index in [9.17, 15) is 0 Å². The second-order valence-corrected chi connectivity index (χ2v) is 6.20. The van der Waals surface area contributed by atoms with E-state index in [2.05, 4.69) is 28.1 Å². The van der Waals surface area contributed by atoms with Gasteiger partial charge in [-0.15, -0.1) is 0 Å². The number of rotatable bonds is 5. The quantitative estimate of drug-likeness (QED) is 0.894. The van der Waals surface area contributed by atoms with Gasteiger partial charge in [-0.05, 0) is 37.9 Å². The number of hydrogen-bond acceptors (Lipinski definition) is 3. The summed E-state index contributed by atoms with van der Waals surface area (Å²) < 4.78 is 0. The summed E-state index contributed by atoms with van der Waals surface area (Å²) in [7, 11) is 4.08. The summed E-state index contributed by atoms with van der Waals surface area (Å²) in [4.78, 5) is 4.64. The molecular weight excluding hydrogens is 270 g/mol. The normalized spacial score (nSPS) is 17.2. The van der Waals surface area contributed by atoms with Gasteiger partial charge >= 0.3 is 0 Å². The van der Waals surface area contributed by atoms with Crippen LogP contribution in [0, 0.1) is 0 Å². The lowest BCUT2D eigenvalue weighted by molar-refractivity contribution is 0.219.